The van der Waals surface area contributed by atoms with Crippen molar-refractivity contribution in [1.29, 1.82) is 5.26 Å². The molecule has 2 aromatic rings. The maximum atomic E-state index is 11.9. The second-order valence-electron chi connectivity index (χ2n) is 7.42. The zero-order valence-corrected chi connectivity index (χ0v) is 18.4. The van der Waals surface area contributed by atoms with Gasteiger partial charge >= 0.3 is 10.1 Å². The molecule has 0 amide bonds. The average molecular weight is 404 g/mol. The first-order valence-electron chi connectivity index (χ1n) is 8.66. The van der Waals surface area contributed by atoms with E-state index in [2.05, 4.69) is 30.8 Å². The van der Waals surface area contributed by atoms with Gasteiger partial charge in [0.25, 0.3) is 0 Å². The molecule has 0 aliphatic carbocycles. The Morgan fingerprint density at radius 1 is 1.26 bits per heavy atom. The van der Waals surface area contributed by atoms with Gasteiger partial charge in [-0.05, 0) is 25.5 Å². The number of hydrogen-bond donors (Lipinski definition) is 0. The van der Waals surface area contributed by atoms with Crippen molar-refractivity contribution in [2.75, 3.05) is 6.26 Å². The van der Waals surface area contributed by atoms with E-state index in [0.717, 1.165) is 6.26 Å². The standard InChI is InChI=1S/C19H25N3O3SSi/c1-7-22-18(12-14(2)21-22)19(25-26(3,23)24)17(13-20)15-8-10-16(11-9-15)27(4,5)6/h8-12H,7H2,1-6H3. The van der Waals surface area contributed by atoms with Gasteiger partial charge in [0, 0.05) is 6.54 Å². The highest BCUT2D eigenvalue weighted by molar-refractivity contribution is 7.86. The predicted molar refractivity (Wildman–Crippen MR) is 110 cm³/mol. The van der Waals surface area contributed by atoms with E-state index in [0.29, 0.717) is 23.5 Å². The molecule has 0 aliphatic rings. The van der Waals surface area contributed by atoms with Gasteiger partial charge in [-0.3, -0.25) is 4.68 Å². The largest absolute Gasteiger partial charge is 0.379 e. The lowest BCUT2D eigenvalue weighted by atomic mass is 10.0. The predicted octanol–water partition coefficient (Wildman–Crippen LogP) is 3.12. The van der Waals surface area contributed by atoms with Crippen molar-refractivity contribution in [3.63, 3.8) is 0 Å². The van der Waals surface area contributed by atoms with Crippen molar-refractivity contribution in [3.8, 4) is 6.07 Å². The van der Waals surface area contributed by atoms with Crippen LogP contribution in [0.2, 0.25) is 19.6 Å². The summed E-state index contributed by atoms with van der Waals surface area (Å²) in [6, 6.07) is 11.5. The van der Waals surface area contributed by atoms with Crippen molar-refractivity contribution < 1.29 is 12.6 Å². The van der Waals surface area contributed by atoms with E-state index >= 15 is 0 Å². The number of nitrogens with zero attached hydrogens (tertiary/aromatic N) is 3. The molecular weight excluding hydrogens is 378 g/mol. The molecular formula is C19H25N3O3SSi. The van der Waals surface area contributed by atoms with Gasteiger partial charge < -0.3 is 4.18 Å². The maximum Gasteiger partial charge on any atom is 0.306 e. The molecule has 0 aliphatic heterocycles. The van der Waals surface area contributed by atoms with Crippen LogP contribution >= 0.6 is 0 Å². The number of allylic oxidation sites excluding steroid dienone is 1. The van der Waals surface area contributed by atoms with Crippen molar-refractivity contribution >= 4 is 34.7 Å². The summed E-state index contributed by atoms with van der Waals surface area (Å²) in [5.41, 5.74) is 1.95. The zero-order valence-electron chi connectivity index (χ0n) is 16.6. The molecule has 1 heterocycles. The molecule has 0 atom stereocenters. The third kappa shape index (κ3) is 5.08. The van der Waals surface area contributed by atoms with Crippen LogP contribution in [0.15, 0.2) is 30.3 Å². The maximum absolute atomic E-state index is 11.9. The quantitative estimate of drug-likeness (QED) is 0.320. The molecule has 8 heteroatoms. The number of hydrogen-bond acceptors (Lipinski definition) is 5. The van der Waals surface area contributed by atoms with Crippen LogP contribution in [0.5, 0.6) is 0 Å². The van der Waals surface area contributed by atoms with Gasteiger partial charge in [0.15, 0.2) is 5.76 Å². The Kier molecular flexibility index (Phi) is 5.97. The van der Waals surface area contributed by atoms with Crippen LogP contribution < -0.4 is 5.19 Å². The van der Waals surface area contributed by atoms with Crippen molar-refractivity contribution in [3.05, 3.63) is 47.3 Å². The Morgan fingerprint density at radius 3 is 2.30 bits per heavy atom. The average Bonchev–Trinajstić information content (AvgIpc) is 2.94. The lowest BCUT2D eigenvalue weighted by molar-refractivity contribution is 0.464. The Balaban J connectivity index is 2.72. The van der Waals surface area contributed by atoms with Gasteiger partial charge in [-0.15, -0.1) is 0 Å². The Bertz CT molecular complexity index is 1010. The minimum atomic E-state index is -3.82. The summed E-state index contributed by atoms with van der Waals surface area (Å²) in [5, 5.41) is 15.4. The molecule has 0 unspecified atom stereocenters. The van der Waals surface area contributed by atoms with Gasteiger partial charge in [0.05, 0.1) is 20.0 Å². The van der Waals surface area contributed by atoms with Crippen LogP contribution in [-0.2, 0) is 20.8 Å². The molecule has 144 valence electrons. The highest BCUT2D eigenvalue weighted by atomic mass is 32.2. The zero-order chi connectivity index (χ0) is 20.4. The first-order valence-corrected chi connectivity index (χ1v) is 14.0. The van der Waals surface area contributed by atoms with Gasteiger partial charge in [-0.25, -0.2) is 0 Å². The van der Waals surface area contributed by atoms with Crippen LogP contribution in [0.25, 0.3) is 11.3 Å². The summed E-state index contributed by atoms with van der Waals surface area (Å²) in [7, 11) is -5.31. The van der Waals surface area contributed by atoms with E-state index in [1.807, 2.05) is 38.1 Å². The van der Waals surface area contributed by atoms with E-state index in [4.69, 9.17) is 4.18 Å². The van der Waals surface area contributed by atoms with E-state index in [1.54, 1.807) is 10.7 Å². The molecule has 0 radical (unpaired) electrons. The van der Waals surface area contributed by atoms with Crippen LogP contribution in [0.1, 0.15) is 23.9 Å². The molecule has 0 bridgehead atoms. The molecule has 0 N–H and O–H groups in total. The first-order chi connectivity index (χ1) is 12.5. The van der Waals surface area contributed by atoms with Crippen LogP contribution in [0, 0.1) is 18.3 Å². The fraction of sp³-hybridized carbons (Fsp3) is 0.368. The number of benzene rings is 1. The SMILES string of the molecule is CCn1nc(C)cc1C(OS(C)(=O)=O)=C(C#N)c1ccc([Si](C)(C)C)cc1. The number of aromatic nitrogens is 2. The second kappa shape index (κ2) is 7.70. The monoisotopic (exact) mass is 403 g/mol. The summed E-state index contributed by atoms with van der Waals surface area (Å²) in [5.74, 6) is 0.00297. The van der Waals surface area contributed by atoms with Crippen LogP contribution in [0.3, 0.4) is 0 Å². The summed E-state index contributed by atoms with van der Waals surface area (Å²) < 4.78 is 30.6. The second-order valence-corrected chi connectivity index (χ2v) is 14.1. The number of rotatable bonds is 6. The fourth-order valence-corrected chi connectivity index (χ4v) is 4.35. The summed E-state index contributed by atoms with van der Waals surface area (Å²) >= 11 is 0. The highest BCUT2D eigenvalue weighted by Gasteiger charge is 2.23. The fourth-order valence-electron chi connectivity index (χ4n) is 2.72. The van der Waals surface area contributed by atoms with Gasteiger partial charge in [-0.1, -0.05) is 49.1 Å². The lowest BCUT2D eigenvalue weighted by Gasteiger charge is -2.17. The van der Waals surface area contributed by atoms with Gasteiger partial charge in [0.2, 0.25) is 0 Å². The van der Waals surface area contributed by atoms with Crippen LogP contribution in [-0.4, -0.2) is 32.5 Å². The lowest BCUT2D eigenvalue weighted by Crippen LogP contribution is -2.37. The topological polar surface area (TPSA) is 85.0 Å². The molecule has 0 saturated carbocycles. The Labute approximate surface area is 162 Å². The summed E-state index contributed by atoms with van der Waals surface area (Å²) in [6.45, 7) is 10.9. The van der Waals surface area contributed by atoms with E-state index in [-0.39, 0.29) is 11.3 Å². The minimum Gasteiger partial charge on any atom is -0.379 e. The minimum absolute atomic E-state index is 0.00297. The van der Waals surface area contributed by atoms with Crippen LogP contribution in [0.4, 0.5) is 0 Å². The molecule has 0 saturated heterocycles. The molecule has 2 rings (SSSR count). The van der Waals surface area contributed by atoms with Crippen molar-refractivity contribution in [2.45, 2.75) is 40.0 Å². The third-order valence-electron chi connectivity index (χ3n) is 4.05. The number of nitriles is 1. The van der Waals surface area contributed by atoms with Crippen molar-refractivity contribution in [2.24, 2.45) is 0 Å². The van der Waals surface area contributed by atoms with E-state index < -0.39 is 18.2 Å². The molecule has 0 spiro atoms. The molecule has 0 fully saturated rings. The van der Waals surface area contributed by atoms with Crippen molar-refractivity contribution in [1.82, 2.24) is 9.78 Å². The number of aryl methyl sites for hydroxylation is 2. The molecule has 1 aromatic heterocycles. The first kappa shape index (κ1) is 20.9. The summed E-state index contributed by atoms with van der Waals surface area (Å²) in [6.07, 6.45) is 0.968. The highest BCUT2D eigenvalue weighted by Crippen LogP contribution is 2.29. The Morgan fingerprint density at radius 2 is 1.85 bits per heavy atom. The van der Waals surface area contributed by atoms with E-state index in [1.165, 1.54) is 5.19 Å². The molecule has 1 aromatic carbocycles. The smallest absolute Gasteiger partial charge is 0.306 e. The van der Waals surface area contributed by atoms with E-state index in [9.17, 15) is 13.7 Å². The van der Waals surface area contributed by atoms with Gasteiger partial charge in [-0.2, -0.15) is 18.8 Å². The molecule has 6 nitrogen and oxygen atoms in total. The Hall–Kier alpha value is -2.37. The normalized spacial score (nSPS) is 13.1. The third-order valence-corrected chi connectivity index (χ3v) is 6.58. The summed E-state index contributed by atoms with van der Waals surface area (Å²) in [4.78, 5) is 0. The molecule has 27 heavy (non-hydrogen) atoms. The van der Waals surface area contributed by atoms with Gasteiger partial charge in [0.1, 0.15) is 17.3 Å².